The van der Waals surface area contributed by atoms with E-state index in [-0.39, 0.29) is 5.78 Å². The van der Waals surface area contributed by atoms with Crippen molar-refractivity contribution in [2.45, 2.75) is 20.8 Å². The number of benzene rings is 1. The predicted molar refractivity (Wildman–Crippen MR) is 60.1 cm³/mol. The summed E-state index contributed by atoms with van der Waals surface area (Å²) in [4.78, 5) is 11.4. The molecule has 0 aliphatic carbocycles. The van der Waals surface area contributed by atoms with E-state index in [1.807, 2.05) is 26.0 Å². The number of rotatable bonds is 3. The number of carbonyl (C=O) groups is 1. The molecule has 0 N–H and O–H groups in total. The topological polar surface area (TPSA) is 26.3 Å². The highest BCUT2D eigenvalue weighted by atomic mass is 79.9. The summed E-state index contributed by atoms with van der Waals surface area (Å²) in [6, 6.07) is 3.77. The van der Waals surface area contributed by atoms with Crippen LogP contribution in [0.1, 0.15) is 29.8 Å². The minimum absolute atomic E-state index is 0.0176. The van der Waals surface area contributed by atoms with Crippen molar-refractivity contribution < 1.29 is 9.53 Å². The van der Waals surface area contributed by atoms with Crippen molar-refractivity contribution in [2.24, 2.45) is 0 Å². The highest BCUT2D eigenvalue weighted by molar-refractivity contribution is 9.10. The van der Waals surface area contributed by atoms with Crippen LogP contribution in [0, 0.1) is 6.92 Å². The number of ketones is 1. The number of halogens is 1. The first kappa shape index (κ1) is 11.2. The first-order chi connectivity index (χ1) is 6.57. The van der Waals surface area contributed by atoms with Crippen LogP contribution in [-0.4, -0.2) is 12.4 Å². The first-order valence-electron chi connectivity index (χ1n) is 4.50. The minimum Gasteiger partial charge on any atom is -0.493 e. The quantitative estimate of drug-likeness (QED) is 0.776. The molecule has 0 aliphatic heterocycles. The van der Waals surface area contributed by atoms with E-state index in [4.69, 9.17) is 4.74 Å². The van der Waals surface area contributed by atoms with Gasteiger partial charge in [0.15, 0.2) is 5.78 Å². The zero-order valence-corrected chi connectivity index (χ0v) is 10.1. The Hall–Kier alpha value is -0.830. The van der Waals surface area contributed by atoms with Crippen molar-refractivity contribution in [3.63, 3.8) is 0 Å². The van der Waals surface area contributed by atoms with Crippen molar-refractivity contribution >= 4 is 21.7 Å². The van der Waals surface area contributed by atoms with Crippen LogP contribution < -0.4 is 4.74 Å². The molecular formula is C11H13BrO2. The summed E-state index contributed by atoms with van der Waals surface area (Å²) in [5.74, 6) is 0.668. The van der Waals surface area contributed by atoms with E-state index in [2.05, 4.69) is 15.9 Å². The zero-order valence-electron chi connectivity index (χ0n) is 8.56. The minimum atomic E-state index is 0.0176. The second kappa shape index (κ2) is 4.60. The number of ether oxygens (including phenoxy) is 1. The molecule has 76 valence electrons. The van der Waals surface area contributed by atoms with Gasteiger partial charge < -0.3 is 4.74 Å². The standard InChI is InChI=1S/C11H13BrO2/c1-4-14-9-6-5-7(2)11(12)10(9)8(3)13/h5-6H,4H2,1-3H3. The van der Waals surface area contributed by atoms with Gasteiger partial charge >= 0.3 is 0 Å². The molecule has 0 radical (unpaired) electrons. The van der Waals surface area contributed by atoms with E-state index in [0.29, 0.717) is 17.9 Å². The monoisotopic (exact) mass is 256 g/mol. The van der Waals surface area contributed by atoms with Crippen LogP contribution in [0.25, 0.3) is 0 Å². The Morgan fingerprint density at radius 2 is 2.14 bits per heavy atom. The Balaban J connectivity index is 3.30. The van der Waals surface area contributed by atoms with Crippen LogP contribution in [0.5, 0.6) is 5.75 Å². The Kier molecular flexibility index (Phi) is 3.69. The van der Waals surface area contributed by atoms with Crippen molar-refractivity contribution in [2.75, 3.05) is 6.61 Å². The number of hydrogen-bond donors (Lipinski definition) is 0. The highest BCUT2D eigenvalue weighted by Crippen LogP contribution is 2.30. The van der Waals surface area contributed by atoms with Gasteiger partial charge in [-0.15, -0.1) is 0 Å². The number of aryl methyl sites for hydroxylation is 1. The van der Waals surface area contributed by atoms with Gasteiger partial charge in [0.2, 0.25) is 0 Å². The molecule has 0 aromatic heterocycles. The van der Waals surface area contributed by atoms with Crippen LogP contribution >= 0.6 is 15.9 Å². The van der Waals surface area contributed by atoms with Crippen LogP contribution in [0.3, 0.4) is 0 Å². The summed E-state index contributed by atoms with van der Waals surface area (Å²) in [6.45, 7) is 5.96. The van der Waals surface area contributed by atoms with E-state index in [1.54, 1.807) is 6.92 Å². The Labute approximate surface area is 92.4 Å². The molecular weight excluding hydrogens is 244 g/mol. The molecule has 0 heterocycles. The second-order valence-corrected chi connectivity index (χ2v) is 3.85. The summed E-state index contributed by atoms with van der Waals surface area (Å²) in [5.41, 5.74) is 1.67. The Morgan fingerprint density at radius 3 is 2.64 bits per heavy atom. The summed E-state index contributed by atoms with van der Waals surface area (Å²) in [5, 5.41) is 0. The molecule has 0 amide bonds. The second-order valence-electron chi connectivity index (χ2n) is 3.06. The fourth-order valence-electron chi connectivity index (χ4n) is 1.27. The first-order valence-corrected chi connectivity index (χ1v) is 5.30. The van der Waals surface area contributed by atoms with Gasteiger partial charge in [0.1, 0.15) is 5.75 Å². The Morgan fingerprint density at radius 1 is 1.50 bits per heavy atom. The van der Waals surface area contributed by atoms with Gasteiger partial charge in [-0.2, -0.15) is 0 Å². The average molecular weight is 257 g/mol. The average Bonchev–Trinajstić information content (AvgIpc) is 2.11. The van der Waals surface area contributed by atoms with Gasteiger partial charge in [0.05, 0.1) is 12.2 Å². The summed E-state index contributed by atoms with van der Waals surface area (Å²) in [7, 11) is 0. The van der Waals surface area contributed by atoms with E-state index < -0.39 is 0 Å². The van der Waals surface area contributed by atoms with Gasteiger partial charge in [-0.1, -0.05) is 6.07 Å². The van der Waals surface area contributed by atoms with Crippen molar-refractivity contribution in [1.82, 2.24) is 0 Å². The normalized spacial score (nSPS) is 10.0. The molecule has 0 bridgehead atoms. The largest absolute Gasteiger partial charge is 0.493 e. The molecule has 0 aliphatic rings. The number of carbonyl (C=O) groups excluding carboxylic acids is 1. The van der Waals surface area contributed by atoms with Crippen LogP contribution in [0.15, 0.2) is 16.6 Å². The lowest BCUT2D eigenvalue weighted by Gasteiger charge is -2.11. The van der Waals surface area contributed by atoms with Crippen LogP contribution in [-0.2, 0) is 0 Å². The summed E-state index contributed by atoms with van der Waals surface area (Å²) < 4.78 is 6.21. The fraction of sp³-hybridized carbons (Fsp3) is 0.364. The van der Waals surface area contributed by atoms with Crippen molar-refractivity contribution in [1.29, 1.82) is 0 Å². The Bertz CT molecular complexity index is 359. The molecule has 14 heavy (non-hydrogen) atoms. The van der Waals surface area contributed by atoms with Crippen molar-refractivity contribution in [3.05, 3.63) is 27.7 Å². The molecule has 1 aromatic carbocycles. The molecule has 0 unspecified atom stereocenters. The molecule has 3 heteroatoms. The lowest BCUT2D eigenvalue weighted by Crippen LogP contribution is -2.02. The number of Topliss-reactive ketones (excluding diaryl/α,β-unsaturated/α-hetero) is 1. The molecule has 0 saturated heterocycles. The molecule has 2 nitrogen and oxygen atoms in total. The molecule has 1 aromatic rings. The summed E-state index contributed by atoms with van der Waals surface area (Å²) in [6.07, 6.45) is 0. The molecule has 1 rings (SSSR count). The van der Waals surface area contributed by atoms with Gasteiger partial charge in [-0.3, -0.25) is 4.79 Å². The third-order valence-corrected chi connectivity index (χ3v) is 2.97. The van der Waals surface area contributed by atoms with Gasteiger partial charge in [-0.05, 0) is 48.3 Å². The zero-order chi connectivity index (χ0) is 10.7. The van der Waals surface area contributed by atoms with E-state index in [9.17, 15) is 4.79 Å². The molecule has 0 spiro atoms. The van der Waals surface area contributed by atoms with E-state index >= 15 is 0 Å². The molecule has 0 saturated carbocycles. The highest BCUT2D eigenvalue weighted by Gasteiger charge is 2.13. The van der Waals surface area contributed by atoms with E-state index in [0.717, 1.165) is 10.0 Å². The molecule has 0 fully saturated rings. The lowest BCUT2D eigenvalue weighted by atomic mass is 10.1. The van der Waals surface area contributed by atoms with Crippen LogP contribution in [0.2, 0.25) is 0 Å². The lowest BCUT2D eigenvalue weighted by molar-refractivity contribution is 0.101. The van der Waals surface area contributed by atoms with E-state index in [1.165, 1.54) is 0 Å². The SMILES string of the molecule is CCOc1ccc(C)c(Br)c1C(C)=O. The van der Waals surface area contributed by atoms with Gasteiger partial charge in [0.25, 0.3) is 0 Å². The molecule has 0 atom stereocenters. The van der Waals surface area contributed by atoms with Gasteiger partial charge in [-0.25, -0.2) is 0 Å². The fourth-order valence-corrected chi connectivity index (χ4v) is 1.87. The maximum absolute atomic E-state index is 11.4. The maximum Gasteiger partial charge on any atom is 0.164 e. The number of hydrogen-bond acceptors (Lipinski definition) is 2. The third-order valence-electron chi connectivity index (χ3n) is 1.95. The van der Waals surface area contributed by atoms with Crippen molar-refractivity contribution in [3.8, 4) is 5.75 Å². The smallest absolute Gasteiger partial charge is 0.164 e. The predicted octanol–water partition coefficient (Wildman–Crippen LogP) is 3.36. The third kappa shape index (κ3) is 2.15. The van der Waals surface area contributed by atoms with Gasteiger partial charge in [0, 0.05) is 4.47 Å². The summed E-state index contributed by atoms with van der Waals surface area (Å²) >= 11 is 3.40. The maximum atomic E-state index is 11.4. The van der Waals surface area contributed by atoms with Crippen LogP contribution in [0.4, 0.5) is 0 Å².